The van der Waals surface area contributed by atoms with Crippen LogP contribution in [0.2, 0.25) is 0 Å². The minimum Gasteiger partial charge on any atom is -0.341 e. The fourth-order valence-corrected chi connectivity index (χ4v) is 3.13. The highest BCUT2D eigenvalue weighted by Crippen LogP contribution is 2.28. The lowest BCUT2D eigenvalue weighted by atomic mass is 9.80. The normalized spacial score (nSPS) is 27.8. The molecule has 3 atom stereocenters. The lowest BCUT2D eigenvalue weighted by Crippen LogP contribution is -2.39. The Hall–Kier alpha value is -1.35. The maximum absolute atomic E-state index is 4.62. The van der Waals surface area contributed by atoms with Crippen LogP contribution in [0.15, 0.2) is 24.3 Å². The van der Waals surface area contributed by atoms with Gasteiger partial charge in [0.15, 0.2) is 0 Å². The summed E-state index contributed by atoms with van der Waals surface area (Å²) in [6.07, 6.45) is 4.02. The summed E-state index contributed by atoms with van der Waals surface area (Å²) in [5.41, 5.74) is 2.19. The third-order valence-corrected chi connectivity index (χ3v) is 4.43. The number of aromatic amines is 1. The Morgan fingerprint density at radius 3 is 2.95 bits per heavy atom. The van der Waals surface area contributed by atoms with Gasteiger partial charge in [-0.05, 0) is 36.8 Å². The fraction of sp³-hybridized carbons (Fsp3) is 0.562. The summed E-state index contributed by atoms with van der Waals surface area (Å²) in [4.78, 5) is 8.01. The molecule has 3 unspecified atom stereocenters. The Balaban J connectivity index is 1.65. The highest BCUT2D eigenvalue weighted by Gasteiger charge is 2.24. The molecule has 19 heavy (non-hydrogen) atoms. The number of aromatic nitrogens is 2. The number of fused-ring (bicyclic) bond motifs is 1. The van der Waals surface area contributed by atoms with E-state index in [4.69, 9.17) is 0 Å². The highest BCUT2D eigenvalue weighted by atomic mass is 15.0. The van der Waals surface area contributed by atoms with Gasteiger partial charge in [0.2, 0.25) is 0 Å². The molecular weight excluding hydrogens is 234 g/mol. The zero-order valence-electron chi connectivity index (χ0n) is 11.8. The van der Waals surface area contributed by atoms with Gasteiger partial charge in [0.1, 0.15) is 5.82 Å². The molecule has 1 aromatic carbocycles. The molecule has 0 bridgehead atoms. The number of rotatable bonds is 3. The Morgan fingerprint density at radius 2 is 2.11 bits per heavy atom. The third-order valence-electron chi connectivity index (χ3n) is 4.43. The van der Waals surface area contributed by atoms with Crippen LogP contribution >= 0.6 is 0 Å². The summed E-state index contributed by atoms with van der Waals surface area (Å²) in [5, 5.41) is 3.69. The monoisotopic (exact) mass is 257 g/mol. The lowest BCUT2D eigenvalue weighted by molar-refractivity contribution is 0.226. The molecule has 102 valence electrons. The first-order valence-electron chi connectivity index (χ1n) is 7.39. The van der Waals surface area contributed by atoms with Crippen molar-refractivity contribution in [3.63, 3.8) is 0 Å². The van der Waals surface area contributed by atoms with Crippen molar-refractivity contribution in [3.8, 4) is 0 Å². The number of hydrogen-bond donors (Lipinski definition) is 2. The summed E-state index contributed by atoms with van der Waals surface area (Å²) < 4.78 is 0. The van der Waals surface area contributed by atoms with Crippen molar-refractivity contribution in [1.82, 2.24) is 15.3 Å². The number of para-hydroxylation sites is 2. The topological polar surface area (TPSA) is 40.7 Å². The molecule has 0 saturated heterocycles. The van der Waals surface area contributed by atoms with E-state index < -0.39 is 0 Å². The van der Waals surface area contributed by atoms with E-state index in [0.29, 0.717) is 6.04 Å². The number of nitrogens with zero attached hydrogens (tertiary/aromatic N) is 1. The van der Waals surface area contributed by atoms with E-state index in [2.05, 4.69) is 41.3 Å². The Kier molecular flexibility index (Phi) is 3.56. The molecule has 1 heterocycles. The van der Waals surface area contributed by atoms with Crippen LogP contribution in [0.1, 0.15) is 38.9 Å². The first-order valence-corrected chi connectivity index (χ1v) is 7.39. The maximum Gasteiger partial charge on any atom is 0.121 e. The summed E-state index contributed by atoms with van der Waals surface area (Å²) in [6.45, 7) is 5.57. The fourth-order valence-electron chi connectivity index (χ4n) is 3.13. The molecule has 1 aliphatic rings. The maximum atomic E-state index is 4.62. The number of hydrogen-bond acceptors (Lipinski definition) is 2. The van der Waals surface area contributed by atoms with Crippen molar-refractivity contribution in [3.05, 3.63) is 30.1 Å². The Bertz CT molecular complexity index is 513. The largest absolute Gasteiger partial charge is 0.341 e. The molecule has 1 aliphatic carbocycles. The van der Waals surface area contributed by atoms with Crippen LogP contribution in [-0.2, 0) is 6.54 Å². The van der Waals surface area contributed by atoms with Crippen LogP contribution in [0, 0.1) is 11.8 Å². The number of benzene rings is 1. The van der Waals surface area contributed by atoms with Crippen LogP contribution in [0.4, 0.5) is 0 Å². The van der Waals surface area contributed by atoms with E-state index in [1.165, 1.54) is 19.3 Å². The molecular formula is C16H23N3. The third kappa shape index (κ3) is 2.81. The van der Waals surface area contributed by atoms with Gasteiger partial charge in [0.05, 0.1) is 17.6 Å². The molecule has 1 aromatic heterocycles. The molecule has 2 aromatic rings. The zero-order valence-corrected chi connectivity index (χ0v) is 11.8. The van der Waals surface area contributed by atoms with Crippen molar-refractivity contribution in [2.75, 3.05) is 0 Å². The van der Waals surface area contributed by atoms with E-state index in [-0.39, 0.29) is 0 Å². The van der Waals surface area contributed by atoms with Crippen molar-refractivity contribution in [1.29, 1.82) is 0 Å². The van der Waals surface area contributed by atoms with Gasteiger partial charge in [0.25, 0.3) is 0 Å². The lowest BCUT2D eigenvalue weighted by Gasteiger charge is -2.33. The van der Waals surface area contributed by atoms with Gasteiger partial charge >= 0.3 is 0 Å². The van der Waals surface area contributed by atoms with Gasteiger partial charge in [-0.25, -0.2) is 4.98 Å². The predicted molar refractivity (Wildman–Crippen MR) is 78.9 cm³/mol. The number of nitrogens with one attached hydrogen (secondary N) is 2. The van der Waals surface area contributed by atoms with Crippen molar-refractivity contribution in [2.45, 2.75) is 45.7 Å². The molecule has 1 saturated carbocycles. The van der Waals surface area contributed by atoms with Gasteiger partial charge in [-0.1, -0.05) is 32.4 Å². The van der Waals surface area contributed by atoms with E-state index in [9.17, 15) is 0 Å². The van der Waals surface area contributed by atoms with Crippen molar-refractivity contribution < 1.29 is 0 Å². The first-order chi connectivity index (χ1) is 9.22. The van der Waals surface area contributed by atoms with Crippen LogP contribution in [0.5, 0.6) is 0 Å². The van der Waals surface area contributed by atoms with Gasteiger partial charge in [-0.2, -0.15) is 0 Å². The van der Waals surface area contributed by atoms with E-state index in [0.717, 1.165) is 35.2 Å². The van der Waals surface area contributed by atoms with Gasteiger partial charge < -0.3 is 10.3 Å². The van der Waals surface area contributed by atoms with E-state index in [1.807, 2.05) is 12.1 Å². The van der Waals surface area contributed by atoms with Gasteiger partial charge in [-0.3, -0.25) is 0 Å². The molecule has 0 spiro atoms. The highest BCUT2D eigenvalue weighted by molar-refractivity contribution is 5.74. The minimum absolute atomic E-state index is 0.636. The Labute approximate surface area is 114 Å². The molecule has 3 rings (SSSR count). The second kappa shape index (κ2) is 5.33. The summed E-state index contributed by atoms with van der Waals surface area (Å²) in [7, 11) is 0. The molecule has 0 aliphatic heterocycles. The van der Waals surface area contributed by atoms with E-state index >= 15 is 0 Å². The Morgan fingerprint density at radius 1 is 1.26 bits per heavy atom. The van der Waals surface area contributed by atoms with Gasteiger partial charge in [0, 0.05) is 6.04 Å². The molecule has 3 nitrogen and oxygen atoms in total. The minimum atomic E-state index is 0.636. The molecule has 0 amide bonds. The van der Waals surface area contributed by atoms with Crippen LogP contribution in [0.25, 0.3) is 11.0 Å². The smallest absolute Gasteiger partial charge is 0.121 e. The standard InChI is InChI=1S/C16H23N3/c1-11-7-8-12(2)15(9-11)17-10-16-18-13-5-3-4-6-14(13)19-16/h3-6,11-12,15,17H,7-10H2,1-2H3,(H,18,19). The first kappa shape index (κ1) is 12.7. The average Bonchev–Trinajstić information content (AvgIpc) is 2.82. The van der Waals surface area contributed by atoms with Crippen LogP contribution in [-0.4, -0.2) is 16.0 Å². The average molecular weight is 257 g/mol. The number of imidazole rings is 1. The van der Waals surface area contributed by atoms with E-state index in [1.54, 1.807) is 0 Å². The molecule has 0 radical (unpaired) electrons. The van der Waals surface area contributed by atoms with Gasteiger partial charge in [-0.15, -0.1) is 0 Å². The number of H-pyrrole nitrogens is 1. The van der Waals surface area contributed by atoms with Crippen LogP contribution < -0.4 is 5.32 Å². The summed E-state index contributed by atoms with van der Waals surface area (Å²) in [6, 6.07) is 8.85. The van der Waals surface area contributed by atoms with Crippen molar-refractivity contribution in [2.24, 2.45) is 11.8 Å². The summed E-state index contributed by atoms with van der Waals surface area (Å²) >= 11 is 0. The summed E-state index contributed by atoms with van der Waals surface area (Å²) in [5.74, 6) is 2.68. The quantitative estimate of drug-likeness (QED) is 0.884. The van der Waals surface area contributed by atoms with Crippen LogP contribution in [0.3, 0.4) is 0 Å². The zero-order chi connectivity index (χ0) is 13.2. The SMILES string of the molecule is CC1CCC(C)C(NCc2nc3ccccc3[nH]2)C1. The predicted octanol–water partition coefficient (Wildman–Crippen LogP) is 3.48. The van der Waals surface area contributed by atoms with Crippen molar-refractivity contribution >= 4 is 11.0 Å². The molecule has 1 fully saturated rings. The second-order valence-electron chi connectivity index (χ2n) is 6.08. The molecule has 3 heteroatoms. The molecule has 2 N–H and O–H groups in total. The second-order valence-corrected chi connectivity index (χ2v) is 6.08.